The predicted octanol–water partition coefficient (Wildman–Crippen LogP) is 5.60. The molecule has 1 aliphatic carbocycles. The number of amides is 1. The number of nitrogens with zero attached hydrogens (tertiary/aromatic N) is 2. The molecule has 0 unspecified atom stereocenters. The minimum atomic E-state index is -3.78. The Bertz CT molecular complexity index is 1690. The molecule has 2 aliphatic rings. The van der Waals surface area contributed by atoms with Crippen molar-refractivity contribution in [1.82, 2.24) is 4.57 Å². The summed E-state index contributed by atoms with van der Waals surface area (Å²) < 4.78 is 59.8. The molecule has 2 heterocycles. The number of anilines is 1. The molecule has 232 valence electrons. The zero-order valence-corrected chi connectivity index (χ0v) is 24.3. The van der Waals surface area contributed by atoms with Gasteiger partial charge in [-0.3, -0.25) is 4.79 Å². The zero-order valence-electron chi connectivity index (χ0n) is 24.3. The van der Waals surface area contributed by atoms with Gasteiger partial charge in [0.25, 0.3) is 0 Å². The minimum Gasteiger partial charge on any atom is -0.395 e. The van der Waals surface area contributed by atoms with Gasteiger partial charge < -0.3 is 33.9 Å². The maximum absolute atomic E-state index is 16.0. The highest BCUT2D eigenvalue weighted by atomic mass is 19.3. The molecule has 4 aromatic rings. The summed E-state index contributed by atoms with van der Waals surface area (Å²) >= 11 is 0. The summed E-state index contributed by atoms with van der Waals surface area (Å²) in [6.45, 7) is 3.93. The Kier molecular flexibility index (Phi) is 7.59. The SMILES string of the molecule is CC(C)(CO)c1cc2cc(N(C=O)C3(c4ccc5c(c4)OC(F)(F)O5)CC3)c(F)cc2n1C[C@@H](O)COCc1ccccc1. The van der Waals surface area contributed by atoms with Gasteiger partial charge in [-0.2, -0.15) is 0 Å². The van der Waals surface area contributed by atoms with Crippen molar-refractivity contribution in [3.05, 3.63) is 89.4 Å². The van der Waals surface area contributed by atoms with Crippen LogP contribution in [0.4, 0.5) is 18.9 Å². The summed E-state index contributed by atoms with van der Waals surface area (Å²) in [6.07, 6.45) is -3.20. The van der Waals surface area contributed by atoms with Crippen LogP contribution < -0.4 is 14.4 Å². The summed E-state index contributed by atoms with van der Waals surface area (Å²) in [6, 6.07) is 18.6. The van der Waals surface area contributed by atoms with Gasteiger partial charge in [0.15, 0.2) is 11.5 Å². The fourth-order valence-electron chi connectivity index (χ4n) is 5.86. The number of halogens is 3. The first-order valence-corrected chi connectivity index (χ1v) is 14.4. The van der Waals surface area contributed by atoms with E-state index < -0.39 is 29.2 Å². The Hall–Kier alpha value is -4.06. The molecule has 1 amide bonds. The molecule has 0 bridgehead atoms. The van der Waals surface area contributed by atoms with Gasteiger partial charge >= 0.3 is 6.29 Å². The average molecular weight is 611 g/mol. The van der Waals surface area contributed by atoms with E-state index in [0.29, 0.717) is 48.0 Å². The topological polar surface area (TPSA) is 93.4 Å². The molecule has 1 saturated carbocycles. The first kappa shape index (κ1) is 30.0. The van der Waals surface area contributed by atoms with Crippen molar-refractivity contribution in [3.8, 4) is 11.5 Å². The second-order valence-corrected chi connectivity index (χ2v) is 12.0. The molecule has 8 nitrogen and oxygen atoms in total. The van der Waals surface area contributed by atoms with Gasteiger partial charge in [-0.25, -0.2) is 4.39 Å². The van der Waals surface area contributed by atoms with E-state index in [-0.39, 0.29) is 36.9 Å². The molecule has 11 heteroatoms. The molecule has 3 aromatic carbocycles. The van der Waals surface area contributed by atoms with Crippen LogP contribution in [0.25, 0.3) is 10.9 Å². The highest BCUT2D eigenvalue weighted by molar-refractivity contribution is 5.90. The first-order valence-electron chi connectivity index (χ1n) is 14.4. The van der Waals surface area contributed by atoms with Crippen molar-refractivity contribution in [2.45, 2.75) is 63.2 Å². The Balaban J connectivity index is 1.31. The number of aliphatic hydroxyl groups excluding tert-OH is 2. The monoisotopic (exact) mass is 610 g/mol. The van der Waals surface area contributed by atoms with Crippen LogP contribution in [0.5, 0.6) is 11.5 Å². The predicted molar refractivity (Wildman–Crippen MR) is 156 cm³/mol. The van der Waals surface area contributed by atoms with E-state index in [1.54, 1.807) is 16.7 Å². The maximum atomic E-state index is 16.0. The third-order valence-electron chi connectivity index (χ3n) is 8.36. The van der Waals surface area contributed by atoms with Gasteiger partial charge in [0.1, 0.15) is 5.82 Å². The largest absolute Gasteiger partial charge is 0.586 e. The van der Waals surface area contributed by atoms with E-state index in [4.69, 9.17) is 4.74 Å². The lowest BCUT2D eigenvalue weighted by molar-refractivity contribution is -0.286. The van der Waals surface area contributed by atoms with E-state index in [1.165, 1.54) is 23.1 Å². The molecule has 6 rings (SSSR count). The normalized spacial score (nSPS) is 17.1. The molecule has 1 aromatic heterocycles. The third-order valence-corrected chi connectivity index (χ3v) is 8.36. The van der Waals surface area contributed by atoms with E-state index >= 15 is 4.39 Å². The summed E-state index contributed by atoms with van der Waals surface area (Å²) in [5.74, 6) is -0.946. The summed E-state index contributed by atoms with van der Waals surface area (Å²) in [5.41, 5.74) is 0.961. The molecule has 1 aliphatic heterocycles. The van der Waals surface area contributed by atoms with Crippen LogP contribution in [0, 0.1) is 5.82 Å². The zero-order chi connectivity index (χ0) is 31.3. The summed E-state index contributed by atoms with van der Waals surface area (Å²) in [5, 5.41) is 21.7. The smallest absolute Gasteiger partial charge is 0.395 e. The Morgan fingerprint density at radius 1 is 1.07 bits per heavy atom. The second kappa shape index (κ2) is 11.1. The van der Waals surface area contributed by atoms with Crippen molar-refractivity contribution in [2.75, 3.05) is 18.1 Å². The molecule has 2 N–H and O–H groups in total. The van der Waals surface area contributed by atoms with E-state index in [0.717, 1.165) is 5.56 Å². The highest BCUT2D eigenvalue weighted by Gasteiger charge is 2.52. The fraction of sp³-hybridized carbons (Fsp3) is 0.364. The third kappa shape index (κ3) is 5.51. The van der Waals surface area contributed by atoms with Crippen LogP contribution in [0.3, 0.4) is 0 Å². The molecule has 1 fully saturated rings. The number of rotatable bonds is 12. The standard InChI is InChI=1S/C33H33F3N2O6/c1-31(2,19-39)30-13-22-12-27(25(34)15-26(22)37(30)16-24(41)18-42-17-21-6-4-3-5-7-21)38(20-40)32(10-11-32)23-8-9-28-29(14-23)44-33(35,36)43-28/h3-9,12-15,20,24,39,41H,10-11,16-19H2,1-2H3/t24-/m1/s1. The molecule has 0 radical (unpaired) electrons. The Morgan fingerprint density at radius 2 is 1.80 bits per heavy atom. The fourth-order valence-corrected chi connectivity index (χ4v) is 5.86. The van der Waals surface area contributed by atoms with Crippen LogP contribution in [-0.4, -0.2) is 46.8 Å². The molecule has 0 saturated heterocycles. The number of aromatic nitrogens is 1. The van der Waals surface area contributed by atoms with Gasteiger partial charge in [-0.05, 0) is 48.2 Å². The van der Waals surface area contributed by atoms with Crippen molar-refractivity contribution >= 4 is 23.0 Å². The van der Waals surface area contributed by atoms with Crippen LogP contribution in [0.2, 0.25) is 0 Å². The molecule has 0 spiro atoms. The first-order chi connectivity index (χ1) is 21.0. The molecular formula is C33H33F3N2O6. The Labute approximate surface area is 252 Å². The molecule has 44 heavy (non-hydrogen) atoms. The van der Waals surface area contributed by atoms with Gasteiger partial charge in [0.2, 0.25) is 6.41 Å². The number of ether oxygens (including phenoxy) is 3. The van der Waals surface area contributed by atoms with Crippen molar-refractivity contribution < 1.29 is 42.4 Å². The van der Waals surface area contributed by atoms with E-state index in [1.807, 2.05) is 50.2 Å². The van der Waals surface area contributed by atoms with Crippen molar-refractivity contribution in [3.63, 3.8) is 0 Å². The maximum Gasteiger partial charge on any atom is 0.586 e. The Morgan fingerprint density at radius 3 is 2.48 bits per heavy atom. The summed E-state index contributed by atoms with van der Waals surface area (Å²) in [7, 11) is 0. The summed E-state index contributed by atoms with van der Waals surface area (Å²) in [4.78, 5) is 13.8. The number of hydrogen-bond donors (Lipinski definition) is 2. The van der Waals surface area contributed by atoms with Gasteiger partial charge in [0.05, 0.1) is 49.2 Å². The highest BCUT2D eigenvalue weighted by Crippen LogP contribution is 2.55. The lowest BCUT2D eigenvalue weighted by Gasteiger charge is -2.29. The van der Waals surface area contributed by atoms with E-state index in [2.05, 4.69) is 9.47 Å². The lowest BCUT2D eigenvalue weighted by atomic mass is 9.90. The van der Waals surface area contributed by atoms with Gasteiger partial charge in [-0.15, -0.1) is 8.78 Å². The number of fused-ring (bicyclic) bond motifs is 2. The number of alkyl halides is 2. The quantitative estimate of drug-likeness (QED) is 0.203. The van der Waals surface area contributed by atoms with Crippen LogP contribution in [0.15, 0.2) is 66.7 Å². The van der Waals surface area contributed by atoms with Crippen LogP contribution in [-0.2, 0) is 33.6 Å². The minimum absolute atomic E-state index is 0.0187. The lowest BCUT2D eigenvalue weighted by Crippen LogP contribution is -2.35. The average Bonchev–Trinajstić information content (AvgIpc) is 3.62. The van der Waals surface area contributed by atoms with Gasteiger partial charge in [-0.1, -0.05) is 50.2 Å². The number of hydrogen-bond acceptors (Lipinski definition) is 6. The number of benzene rings is 3. The number of carbonyl (C=O) groups excluding carboxylic acids is 1. The number of aliphatic hydroxyl groups is 2. The van der Waals surface area contributed by atoms with Gasteiger partial charge in [0, 0.05) is 22.6 Å². The van der Waals surface area contributed by atoms with Crippen molar-refractivity contribution in [1.29, 1.82) is 0 Å². The number of carbonyl (C=O) groups is 1. The van der Waals surface area contributed by atoms with E-state index in [9.17, 15) is 23.8 Å². The molecular weight excluding hydrogens is 577 g/mol. The van der Waals surface area contributed by atoms with Crippen LogP contribution >= 0.6 is 0 Å². The molecule has 1 atom stereocenters. The van der Waals surface area contributed by atoms with Crippen LogP contribution in [0.1, 0.15) is 43.5 Å². The second-order valence-electron chi connectivity index (χ2n) is 12.0. The van der Waals surface area contributed by atoms with Crippen molar-refractivity contribution in [2.24, 2.45) is 0 Å².